The van der Waals surface area contributed by atoms with Crippen LogP contribution in [0.4, 0.5) is 0 Å². The van der Waals surface area contributed by atoms with Gasteiger partial charge in [0.25, 0.3) is 0 Å². The molecule has 0 fully saturated rings. The van der Waals surface area contributed by atoms with Crippen LogP contribution in [-0.4, -0.2) is 18.9 Å². The van der Waals surface area contributed by atoms with E-state index in [4.69, 9.17) is 18.9 Å². The van der Waals surface area contributed by atoms with Crippen molar-refractivity contribution in [1.29, 1.82) is 0 Å². The zero-order valence-electron chi connectivity index (χ0n) is 12.7. The zero-order chi connectivity index (χ0) is 16.4. The van der Waals surface area contributed by atoms with Gasteiger partial charge in [-0.2, -0.15) is 0 Å². The monoisotopic (exact) mass is 378 g/mol. The summed E-state index contributed by atoms with van der Waals surface area (Å²) in [4.78, 5) is 12.2. The van der Waals surface area contributed by atoms with E-state index in [0.29, 0.717) is 23.0 Å². The van der Waals surface area contributed by atoms with Crippen LogP contribution in [0, 0.1) is 6.92 Å². The van der Waals surface area contributed by atoms with E-state index in [2.05, 4.69) is 15.9 Å². The maximum absolute atomic E-state index is 12.2. The summed E-state index contributed by atoms with van der Waals surface area (Å²) in [7, 11) is 0. The van der Waals surface area contributed by atoms with Gasteiger partial charge in [0.1, 0.15) is 11.5 Å². The summed E-state index contributed by atoms with van der Waals surface area (Å²) in [6.07, 6.45) is -0.751. The Morgan fingerprint density at radius 3 is 2.74 bits per heavy atom. The van der Waals surface area contributed by atoms with Gasteiger partial charge in [-0.25, -0.2) is 4.79 Å². The van der Waals surface area contributed by atoms with Gasteiger partial charge in [0.05, 0.1) is 4.47 Å². The number of carbonyl (C=O) groups is 1. The Morgan fingerprint density at radius 1 is 1.17 bits per heavy atom. The summed E-state index contributed by atoms with van der Waals surface area (Å²) >= 11 is 3.42. The number of hydrogen-bond acceptors (Lipinski definition) is 5. The molecule has 0 saturated heterocycles. The predicted molar refractivity (Wildman–Crippen MR) is 87.2 cm³/mol. The molecular formula is C17H15BrO5. The Kier molecular flexibility index (Phi) is 4.43. The van der Waals surface area contributed by atoms with Crippen LogP contribution in [0.3, 0.4) is 0 Å². The van der Waals surface area contributed by atoms with E-state index in [1.54, 1.807) is 25.1 Å². The van der Waals surface area contributed by atoms with Gasteiger partial charge < -0.3 is 18.9 Å². The van der Waals surface area contributed by atoms with Crippen LogP contribution in [-0.2, 0) is 4.79 Å². The molecule has 1 aliphatic heterocycles. The van der Waals surface area contributed by atoms with Gasteiger partial charge in [0.2, 0.25) is 6.79 Å². The quantitative estimate of drug-likeness (QED) is 0.597. The molecular weight excluding hydrogens is 364 g/mol. The maximum Gasteiger partial charge on any atom is 0.352 e. The second-order valence-corrected chi connectivity index (χ2v) is 5.98. The van der Waals surface area contributed by atoms with E-state index in [1.807, 2.05) is 25.1 Å². The number of halogens is 1. The summed E-state index contributed by atoms with van der Waals surface area (Å²) in [6.45, 7) is 3.79. The van der Waals surface area contributed by atoms with E-state index in [1.165, 1.54) is 0 Å². The van der Waals surface area contributed by atoms with E-state index in [9.17, 15) is 4.79 Å². The van der Waals surface area contributed by atoms with Gasteiger partial charge in [-0.15, -0.1) is 0 Å². The second kappa shape index (κ2) is 6.50. The number of fused-ring (bicyclic) bond motifs is 1. The van der Waals surface area contributed by atoms with Gasteiger partial charge in [-0.3, -0.25) is 0 Å². The first kappa shape index (κ1) is 15.7. The van der Waals surface area contributed by atoms with Crippen LogP contribution in [0.15, 0.2) is 40.9 Å². The number of rotatable bonds is 4. The number of ether oxygens (including phenoxy) is 4. The van der Waals surface area contributed by atoms with Crippen molar-refractivity contribution in [3.63, 3.8) is 0 Å². The van der Waals surface area contributed by atoms with Crippen LogP contribution in [0.5, 0.6) is 23.0 Å². The Hall–Kier alpha value is -2.21. The molecule has 1 heterocycles. The molecule has 0 aliphatic carbocycles. The van der Waals surface area contributed by atoms with Crippen molar-refractivity contribution in [1.82, 2.24) is 0 Å². The lowest BCUT2D eigenvalue weighted by molar-refractivity contribution is -0.141. The Balaban J connectivity index is 1.65. The Labute approximate surface area is 142 Å². The molecule has 6 heteroatoms. The molecule has 120 valence electrons. The third-order valence-electron chi connectivity index (χ3n) is 3.29. The van der Waals surface area contributed by atoms with Crippen LogP contribution in [0.1, 0.15) is 12.5 Å². The predicted octanol–water partition coefficient (Wildman–Crippen LogP) is 3.86. The molecule has 0 saturated carbocycles. The van der Waals surface area contributed by atoms with Crippen LogP contribution in [0.2, 0.25) is 0 Å². The summed E-state index contributed by atoms with van der Waals surface area (Å²) in [6, 6.07) is 10.6. The second-order valence-electron chi connectivity index (χ2n) is 5.13. The molecule has 2 aromatic carbocycles. The highest BCUT2D eigenvalue weighted by molar-refractivity contribution is 9.10. The third kappa shape index (κ3) is 3.59. The lowest BCUT2D eigenvalue weighted by Crippen LogP contribution is -2.28. The molecule has 1 aliphatic rings. The Morgan fingerprint density at radius 2 is 1.96 bits per heavy atom. The first-order chi connectivity index (χ1) is 11.0. The number of esters is 1. The average Bonchev–Trinajstić information content (AvgIpc) is 2.97. The molecule has 1 atom stereocenters. The number of aryl methyl sites for hydroxylation is 1. The van der Waals surface area contributed by atoms with Crippen molar-refractivity contribution in [2.45, 2.75) is 20.0 Å². The fourth-order valence-corrected chi connectivity index (χ4v) is 2.67. The Bertz CT molecular complexity index is 744. The first-order valence-corrected chi connectivity index (χ1v) is 7.86. The first-order valence-electron chi connectivity index (χ1n) is 7.07. The average molecular weight is 379 g/mol. The van der Waals surface area contributed by atoms with Crippen LogP contribution in [0.25, 0.3) is 0 Å². The standard InChI is InChI=1S/C17H15BrO5/c1-10-3-5-14(13(18)7-10)22-11(2)17(19)23-12-4-6-15-16(8-12)21-9-20-15/h3-8,11H,9H2,1-2H3/t11-/m0/s1. The number of hydrogen-bond donors (Lipinski definition) is 0. The molecule has 5 nitrogen and oxygen atoms in total. The lowest BCUT2D eigenvalue weighted by Gasteiger charge is -2.15. The van der Waals surface area contributed by atoms with E-state index in [-0.39, 0.29) is 6.79 Å². The van der Waals surface area contributed by atoms with Gasteiger partial charge in [0.15, 0.2) is 17.6 Å². The molecule has 0 radical (unpaired) electrons. The highest BCUT2D eigenvalue weighted by Crippen LogP contribution is 2.35. The maximum atomic E-state index is 12.2. The third-order valence-corrected chi connectivity index (χ3v) is 3.91. The molecule has 0 unspecified atom stereocenters. The topological polar surface area (TPSA) is 54.0 Å². The molecule has 0 spiro atoms. The molecule has 0 aromatic heterocycles. The minimum absolute atomic E-state index is 0.174. The number of carbonyl (C=O) groups excluding carboxylic acids is 1. The van der Waals surface area contributed by atoms with Crippen molar-refractivity contribution in [2.75, 3.05) is 6.79 Å². The van der Waals surface area contributed by atoms with Crippen LogP contribution >= 0.6 is 15.9 Å². The number of benzene rings is 2. The van der Waals surface area contributed by atoms with Crippen molar-refractivity contribution < 1.29 is 23.7 Å². The minimum atomic E-state index is -0.751. The SMILES string of the molecule is Cc1ccc(O[C@@H](C)C(=O)Oc2ccc3c(c2)OCO3)c(Br)c1. The van der Waals surface area contributed by atoms with Crippen molar-refractivity contribution in [3.05, 3.63) is 46.4 Å². The highest BCUT2D eigenvalue weighted by atomic mass is 79.9. The summed E-state index contributed by atoms with van der Waals surface area (Å²) in [5.41, 5.74) is 1.10. The highest BCUT2D eigenvalue weighted by Gasteiger charge is 2.20. The van der Waals surface area contributed by atoms with Gasteiger partial charge in [0, 0.05) is 6.07 Å². The smallest absolute Gasteiger partial charge is 0.352 e. The molecule has 0 bridgehead atoms. The summed E-state index contributed by atoms with van der Waals surface area (Å²) in [5, 5.41) is 0. The van der Waals surface area contributed by atoms with Gasteiger partial charge >= 0.3 is 5.97 Å². The minimum Gasteiger partial charge on any atom is -0.478 e. The molecule has 3 rings (SSSR count). The van der Waals surface area contributed by atoms with Gasteiger partial charge in [-0.1, -0.05) is 6.07 Å². The fourth-order valence-electron chi connectivity index (χ4n) is 2.08. The van der Waals surface area contributed by atoms with Crippen molar-refractivity contribution in [3.8, 4) is 23.0 Å². The van der Waals surface area contributed by atoms with E-state index < -0.39 is 12.1 Å². The van der Waals surface area contributed by atoms with Crippen molar-refractivity contribution in [2.24, 2.45) is 0 Å². The summed E-state index contributed by atoms with van der Waals surface area (Å²) < 4.78 is 22.2. The normalized spacial score (nSPS) is 13.5. The zero-order valence-corrected chi connectivity index (χ0v) is 14.3. The molecule has 2 aromatic rings. The van der Waals surface area contributed by atoms with Gasteiger partial charge in [-0.05, 0) is 59.6 Å². The molecule has 23 heavy (non-hydrogen) atoms. The van der Waals surface area contributed by atoms with E-state index in [0.717, 1.165) is 10.0 Å². The van der Waals surface area contributed by atoms with E-state index >= 15 is 0 Å². The van der Waals surface area contributed by atoms with Crippen LogP contribution < -0.4 is 18.9 Å². The largest absolute Gasteiger partial charge is 0.478 e. The molecule has 0 N–H and O–H groups in total. The fraction of sp³-hybridized carbons (Fsp3) is 0.235. The lowest BCUT2D eigenvalue weighted by atomic mass is 10.2. The molecule has 0 amide bonds. The summed E-state index contributed by atoms with van der Waals surface area (Å²) in [5.74, 6) is 1.68. The van der Waals surface area contributed by atoms with Crippen molar-refractivity contribution >= 4 is 21.9 Å².